The molecule has 0 aliphatic rings. The lowest BCUT2D eigenvalue weighted by Crippen LogP contribution is -2.03. The molecule has 1 aromatic heterocycles. The first-order valence-corrected chi connectivity index (χ1v) is 10.3. The molecule has 0 spiro atoms. The minimum absolute atomic E-state index is 0.245. The van der Waals surface area contributed by atoms with Gasteiger partial charge in [-0.3, -0.25) is 0 Å². The van der Waals surface area contributed by atoms with E-state index in [4.69, 9.17) is 28.0 Å². The van der Waals surface area contributed by atoms with Gasteiger partial charge in [-0.25, -0.2) is 4.98 Å². The predicted octanol–water partition coefficient (Wildman–Crippen LogP) is 5.52. The number of benzene rings is 2. The van der Waals surface area contributed by atoms with E-state index in [0.717, 1.165) is 22.7 Å². The molecular formula is C20H18Cl2N4OS. The van der Waals surface area contributed by atoms with Crippen molar-refractivity contribution < 1.29 is 4.84 Å². The summed E-state index contributed by atoms with van der Waals surface area (Å²) in [4.78, 5) is 9.88. The number of hydrogen-bond donors (Lipinski definition) is 0. The summed E-state index contributed by atoms with van der Waals surface area (Å²) in [5.41, 5.74) is 3.59. The molecule has 0 aliphatic heterocycles. The number of aryl methyl sites for hydroxylation is 1. The molecule has 0 N–H and O–H groups in total. The number of hydrogen-bond acceptors (Lipinski definition) is 6. The van der Waals surface area contributed by atoms with E-state index in [-0.39, 0.29) is 6.61 Å². The second kappa shape index (κ2) is 10.4. The van der Waals surface area contributed by atoms with Crippen LogP contribution in [-0.4, -0.2) is 21.4 Å². The topological polar surface area (TPSA) is 60.3 Å². The van der Waals surface area contributed by atoms with Crippen LogP contribution in [0.25, 0.3) is 0 Å². The Morgan fingerprint density at radius 2 is 1.89 bits per heavy atom. The molecule has 0 aliphatic carbocycles. The van der Waals surface area contributed by atoms with E-state index < -0.39 is 0 Å². The van der Waals surface area contributed by atoms with Crippen molar-refractivity contribution in [3.8, 4) is 0 Å². The van der Waals surface area contributed by atoms with Gasteiger partial charge in [-0.15, -0.1) is 5.10 Å². The third-order valence-electron chi connectivity index (χ3n) is 3.83. The molecule has 2 aromatic carbocycles. The van der Waals surface area contributed by atoms with Gasteiger partial charge < -0.3 is 4.84 Å². The van der Waals surface area contributed by atoms with Gasteiger partial charge in [0.2, 0.25) is 5.16 Å². The quantitative estimate of drug-likeness (QED) is 0.266. The predicted molar refractivity (Wildman–Crippen MR) is 114 cm³/mol. The van der Waals surface area contributed by atoms with E-state index in [2.05, 4.69) is 32.5 Å². The van der Waals surface area contributed by atoms with Gasteiger partial charge in [0, 0.05) is 24.0 Å². The summed E-state index contributed by atoms with van der Waals surface area (Å²) in [5.74, 6) is 0.794. The Bertz CT molecular complexity index is 954. The van der Waals surface area contributed by atoms with Crippen molar-refractivity contribution in [3.05, 3.63) is 81.1 Å². The molecule has 0 fully saturated rings. The zero-order chi connectivity index (χ0) is 19.8. The molecular weight excluding hydrogens is 415 g/mol. The van der Waals surface area contributed by atoms with Crippen molar-refractivity contribution in [3.63, 3.8) is 0 Å². The van der Waals surface area contributed by atoms with E-state index in [9.17, 15) is 0 Å². The van der Waals surface area contributed by atoms with Gasteiger partial charge in [-0.05, 0) is 18.6 Å². The Hall–Kier alpha value is -2.15. The number of oxime groups is 1. The van der Waals surface area contributed by atoms with E-state index in [1.807, 2.05) is 37.3 Å². The Kier molecular flexibility index (Phi) is 7.65. The second-order valence-electron chi connectivity index (χ2n) is 5.88. The van der Waals surface area contributed by atoms with Gasteiger partial charge in [0.15, 0.2) is 0 Å². The maximum atomic E-state index is 6.12. The minimum Gasteiger partial charge on any atom is -0.391 e. The normalized spacial score (nSPS) is 11.1. The second-order valence-corrected chi connectivity index (χ2v) is 7.61. The standard InChI is InChI=1S/C20H18Cl2N4OS/c1-14-18(10-11-23-27-12-16-8-5-9-17(21)19(16)22)24-20(26-25-14)28-13-15-6-3-2-4-7-15/h2-9,11H,10,12-13H2,1H3. The Morgan fingerprint density at radius 1 is 1.07 bits per heavy atom. The van der Waals surface area contributed by atoms with Gasteiger partial charge in [-0.1, -0.05) is 82.6 Å². The van der Waals surface area contributed by atoms with Crippen LogP contribution in [0.2, 0.25) is 10.0 Å². The zero-order valence-corrected chi connectivity index (χ0v) is 17.5. The monoisotopic (exact) mass is 432 g/mol. The van der Waals surface area contributed by atoms with E-state index in [1.165, 1.54) is 5.56 Å². The summed E-state index contributed by atoms with van der Waals surface area (Å²) in [5, 5.41) is 13.9. The third-order valence-corrected chi connectivity index (χ3v) is 5.60. The average molecular weight is 433 g/mol. The van der Waals surface area contributed by atoms with Crippen molar-refractivity contribution >= 4 is 41.2 Å². The number of thioether (sulfide) groups is 1. The molecule has 8 heteroatoms. The number of halogens is 2. The first-order chi connectivity index (χ1) is 13.6. The first kappa shape index (κ1) is 20.6. The summed E-state index contributed by atoms with van der Waals surface area (Å²) >= 11 is 13.7. The van der Waals surface area contributed by atoms with E-state index in [0.29, 0.717) is 21.6 Å². The molecule has 28 heavy (non-hydrogen) atoms. The molecule has 0 bridgehead atoms. The number of nitrogens with zero attached hydrogens (tertiary/aromatic N) is 4. The highest BCUT2D eigenvalue weighted by Gasteiger charge is 2.07. The fraction of sp³-hybridized carbons (Fsp3) is 0.200. The third kappa shape index (κ3) is 5.92. The highest BCUT2D eigenvalue weighted by molar-refractivity contribution is 7.98. The van der Waals surface area contributed by atoms with Gasteiger partial charge in [-0.2, -0.15) is 5.10 Å². The van der Waals surface area contributed by atoms with Gasteiger partial charge in [0.05, 0.1) is 21.4 Å². The highest BCUT2D eigenvalue weighted by Crippen LogP contribution is 2.26. The molecule has 0 unspecified atom stereocenters. The lowest BCUT2D eigenvalue weighted by atomic mass is 10.2. The molecule has 0 radical (unpaired) electrons. The minimum atomic E-state index is 0.245. The summed E-state index contributed by atoms with van der Waals surface area (Å²) in [6.07, 6.45) is 2.16. The molecule has 0 atom stereocenters. The first-order valence-electron chi connectivity index (χ1n) is 8.57. The van der Waals surface area contributed by atoms with Crippen LogP contribution in [0.1, 0.15) is 22.5 Å². The van der Waals surface area contributed by atoms with Crippen LogP contribution < -0.4 is 0 Å². The molecule has 3 rings (SSSR count). The maximum Gasteiger partial charge on any atom is 0.209 e. The van der Waals surface area contributed by atoms with Gasteiger partial charge in [0.1, 0.15) is 6.61 Å². The Balaban J connectivity index is 1.53. The lowest BCUT2D eigenvalue weighted by molar-refractivity contribution is 0.131. The summed E-state index contributed by atoms with van der Waals surface area (Å²) in [6.45, 7) is 2.12. The maximum absolute atomic E-state index is 6.12. The van der Waals surface area contributed by atoms with Crippen molar-refractivity contribution in [1.82, 2.24) is 15.2 Å². The fourth-order valence-corrected chi connectivity index (χ4v) is 3.45. The average Bonchev–Trinajstić information content (AvgIpc) is 2.72. The van der Waals surface area contributed by atoms with Gasteiger partial charge >= 0.3 is 0 Å². The summed E-state index contributed by atoms with van der Waals surface area (Å²) < 4.78 is 0. The number of aromatic nitrogens is 3. The van der Waals surface area contributed by atoms with E-state index >= 15 is 0 Å². The molecule has 5 nitrogen and oxygen atoms in total. The van der Waals surface area contributed by atoms with Crippen LogP contribution in [0.5, 0.6) is 0 Å². The van der Waals surface area contributed by atoms with Crippen molar-refractivity contribution in [1.29, 1.82) is 0 Å². The van der Waals surface area contributed by atoms with Crippen molar-refractivity contribution in [2.45, 2.75) is 30.9 Å². The lowest BCUT2D eigenvalue weighted by Gasteiger charge is -2.05. The van der Waals surface area contributed by atoms with Crippen LogP contribution in [-0.2, 0) is 23.6 Å². The SMILES string of the molecule is Cc1nnc(SCc2ccccc2)nc1CC=NOCc1cccc(Cl)c1Cl. The van der Waals surface area contributed by atoms with Crippen molar-refractivity contribution in [2.75, 3.05) is 0 Å². The Morgan fingerprint density at radius 3 is 2.71 bits per heavy atom. The van der Waals surface area contributed by atoms with Crippen molar-refractivity contribution in [2.24, 2.45) is 5.16 Å². The van der Waals surface area contributed by atoms with Crippen LogP contribution in [0.4, 0.5) is 0 Å². The van der Waals surface area contributed by atoms with Crippen LogP contribution >= 0.6 is 35.0 Å². The molecule has 0 saturated heterocycles. The smallest absolute Gasteiger partial charge is 0.209 e. The fourth-order valence-electron chi connectivity index (χ4n) is 2.31. The zero-order valence-electron chi connectivity index (χ0n) is 15.2. The molecule has 0 amide bonds. The van der Waals surface area contributed by atoms with Crippen LogP contribution in [0.15, 0.2) is 58.8 Å². The largest absolute Gasteiger partial charge is 0.391 e. The summed E-state index contributed by atoms with van der Waals surface area (Å²) in [7, 11) is 0. The number of rotatable bonds is 8. The highest BCUT2D eigenvalue weighted by atomic mass is 35.5. The van der Waals surface area contributed by atoms with Crippen LogP contribution in [0, 0.1) is 6.92 Å². The van der Waals surface area contributed by atoms with E-state index in [1.54, 1.807) is 24.0 Å². The molecule has 3 aromatic rings. The molecule has 0 saturated carbocycles. The Labute approximate surface area is 178 Å². The summed E-state index contributed by atoms with van der Waals surface area (Å²) in [6, 6.07) is 15.6. The molecule has 1 heterocycles. The molecule has 144 valence electrons. The van der Waals surface area contributed by atoms with Gasteiger partial charge in [0.25, 0.3) is 0 Å². The van der Waals surface area contributed by atoms with Crippen LogP contribution in [0.3, 0.4) is 0 Å².